The van der Waals surface area contributed by atoms with Gasteiger partial charge in [0.25, 0.3) is 0 Å². The van der Waals surface area contributed by atoms with E-state index in [-0.39, 0.29) is 5.69 Å². The molecule has 0 saturated carbocycles. The van der Waals surface area contributed by atoms with Crippen LogP contribution in [0.3, 0.4) is 0 Å². The van der Waals surface area contributed by atoms with Crippen molar-refractivity contribution in [2.75, 3.05) is 0 Å². The predicted molar refractivity (Wildman–Crippen MR) is 42.2 cm³/mol. The first-order valence-electron chi connectivity index (χ1n) is 3.45. The van der Waals surface area contributed by atoms with Crippen LogP contribution in [0.4, 0.5) is 0 Å². The molecule has 4 nitrogen and oxygen atoms in total. The number of nitrogens with zero attached hydrogens (tertiary/aromatic N) is 2. The standard InChI is InChI=1S/C8H6N2O2/c11-8(12)7-4-3-6-2-1-5-9-10(6)7/h1-5H,(H,11,12). The third-order valence-corrected chi connectivity index (χ3v) is 1.64. The minimum Gasteiger partial charge on any atom is -0.477 e. The van der Waals surface area contributed by atoms with Gasteiger partial charge in [0, 0.05) is 6.20 Å². The van der Waals surface area contributed by atoms with Gasteiger partial charge in [-0.25, -0.2) is 9.31 Å². The smallest absolute Gasteiger partial charge is 0.354 e. The molecule has 2 heterocycles. The summed E-state index contributed by atoms with van der Waals surface area (Å²) in [6.45, 7) is 0. The molecule has 0 aromatic carbocycles. The van der Waals surface area contributed by atoms with E-state index in [9.17, 15) is 4.79 Å². The first-order chi connectivity index (χ1) is 5.79. The van der Waals surface area contributed by atoms with Crippen LogP contribution in [-0.2, 0) is 0 Å². The van der Waals surface area contributed by atoms with Crippen LogP contribution in [0.1, 0.15) is 10.5 Å². The summed E-state index contributed by atoms with van der Waals surface area (Å²) in [5, 5.41) is 12.6. The molecule has 2 aromatic rings. The molecule has 0 aliphatic heterocycles. The van der Waals surface area contributed by atoms with Crippen molar-refractivity contribution in [3.63, 3.8) is 0 Å². The summed E-state index contributed by atoms with van der Waals surface area (Å²) in [5.74, 6) is -0.964. The molecule has 2 aromatic heterocycles. The van der Waals surface area contributed by atoms with Gasteiger partial charge < -0.3 is 5.11 Å². The lowest BCUT2D eigenvalue weighted by Gasteiger charge is -1.94. The van der Waals surface area contributed by atoms with Crippen molar-refractivity contribution in [1.29, 1.82) is 0 Å². The number of aromatic carboxylic acids is 1. The summed E-state index contributed by atoms with van der Waals surface area (Å²) in [5.41, 5.74) is 0.973. The second-order valence-electron chi connectivity index (χ2n) is 2.38. The highest BCUT2D eigenvalue weighted by Gasteiger charge is 2.07. The molecule has 0 amide bonds. The van der Waals surface area contributed by atoms with E-state index >= 15 is 0 Å². The van der Waals surface area contributed by atoms with E-state index in [4.69, 9.17) is 5.11 Å². The van der Waals surface area contributed by atoms with E-state index in [2.05, 4.69) is 5.10 Å². The largest absolute Gasteiger partial charge is 0.477 e. The average Bonchev–Trinajstić information content (AvgIpc) is 2.47. The summed E-state index contributed by atoms with van der Waals surface area (Å²) in [4.78, 5) is 10.6. The summed E-state index contributed by atoms with van der Waals surface area (Å²) in [6.07, 6.45) is 1.56. The molecule has 1 N–H and O–H groups in total. The molecule has 12 heavy (non-hydrogen) atoms. The highest BCUT2D eigenvalue weighted by atomic mass is 16.4. The molecule has 0 bridgehead atoms. The van der Waals surface area contributed by atoms with Gasteiger partial charge >= 0.3 is 5.97 Å². The van der Waals surface area contributed by atoms with Crippen LogP contribution in [0.5, 0.6) is 0 Å². The number of carboxylic acids is 1. The van der Waals surface area contributed by atoms with Gasteiger partial charge in [0.05, 0.1) is 5.52 Å². The Balaban J connectivity index is 2.79. The van der Waals surface area contributed by atoms with Gasteiger partial charge in [0.2, 0.25) is 0 Å². The number of carboxylic acid groups (broad SMARTS) is 1. The zero-order chi connectivity index (χ0) is 8.55. The van der Waals surface area contributed by atoms with Crippen LogP contribution in [0, 0.1) is 0 Å². The summed E-state index contributed by atoms with van der Waals surface area (Å²) in [7, 11) is 0. The fourth-order valence-corrected chi connectivity index (χ4v) is 1.11. The summed E-state index contributed by atoms with van der Waals surface area (Å²) >= 11 is 0. The number of hydrogen-bond donors (Lipinski definition) is 1. The molecule has 60 valence electrons. The third-order valence-electron chi connectivity index (χ3n) is 1.64. The zero-order valence-electron chi connectivity index (χ0n) is 6.14. The van der Waals surface area contributed by atoms with Crippen molar-refractivity contribution in [2.45, 2.75) is 0 Å². The zero-order valence-corrected chi connectivity index (χ0v) is 6.14. The first-order valence-corrected chi connectivity index (χ1v) is 3.45. The molecule has 0 saturated heterocycles. The Hall–Kier alpha value is -1.84. The molecule has 0 aliphatic carbocycles. The second kappa shape index (κ2) is 2.34. The van der Waals surface area contributed by atoms with Crippen LogP contribution in [0.25, 0.3) is 5.52 Å². The van der Waals surface area contributed by atoms with Crippen LogP contribution in [0.2, 0.25) is 0 Å². The SMILES string of the molecule is O=C(O)c1ccc2cccnn12. The lowest BCUT2D eigenvalue weighted by atomic mass is 10.4. The Morgan fingerprint density at radius 3 is 3.00 bits per heavy atom. The molecular formula is C8H6N2O2. The number of carbonyl (C=O) groups is 1. The van der Waals surface area contributed by atoms with Crippen molar-refractivity contribution in [1.82, 2.24) is 9.61 Å². The quantitative estimate of drug-likeness (QED) is 0.681. The van der Waals surface area contributed by atoms with Crippen molar-refractivity contribution in [2.24, 2.45) is 0 Å². The number of rotatable bonds is 1. The van der Waals surface area contributed by atoms with Crippen molar-refractivity contribution >= 4 is 11.5 Å². The van der Waals surface area contributed by atoms with E-state index < -0.39 is 5.97 Å². The molecule has 4 heteroatoms. The van der Waals surface area contributed by atoms with E-state index in [1.807, 2.05) is 0 Å². The van der Waals surface area contributed by atoms with E-state index in [0.717, 1.165) is 5.52 Å². The van der Waals surface area contributed by atoms with Crippen molar-refractivity contribution in [3.05, 3.63) is 36.2 Å². The van der Waals surface area contributed by atoms with Gasteiger partial charge in [-0.2, -0.15) is 5.10 Å². The van der Waals surface area contributed by atoms with Gasteiger partial charge in [-0.1, -0.05) is 0 Å². The average molecular weight is 162 g/mol. The maximum atomic E-state index is 10.6. The molecule has 0 aliphatic rings. The fourth-order valence-electron chi connectivity index (χ4n) is 1.11. The van der Waals surface area contributed by atoms with Crippen LogP contribution < -0.4 is 0 Å². The van der Waals surface area contributed by atoms with Crippen molar-refractivity contribution in [3.8, 4) is 0 Å². The Morgan fingerprint density at radius 1 is 1.42 bits per heavy atom. The Kier molecular flexibility index (Phi) is 1.33. The Morgan fingerprint density at radius 2 is 2.25 bits per heavy atom. The van der Waals surface area contributed by atoms with Crippen molar-refractivity contribution < 1.29 is 9.90 Å². The van der Waals surface area contributed by atoms with Gasteiger partial charge in [-0.3, -0.25) is 0 Å². The molecule has 2 rings (SSSR count). The molecule has 0 spiro atoms. The number of hydrogen-bond acceptors (Lipinski definition) is 2. The summed E-state index contributed by atoms with van der Waals surface area (Å²) < 4.78 is 1.39. The van der Waals surface area contributed by atoms with E-state index in [1.54, 1.807) is 24.4 Å². The fraction of sp³-hybridized carbons (Fsp3) is 0. The molecular weight excluding hydrogens is 156 g/mol. The van der Waals surface area contributed by atoms with E-state index in [1.165, 1.54) is 10.6 Å². The topological polar surface area (TPSA) is 54.6 Å². The van der Waals surface area contributed by atoms with Crippen LogP contribution >= 0.6 is 0 Å². The lowest BCUT2D eigenvalue weighted by Crippen LogP contribution is -2.03. The number of fused-ring (bicyclic) bond motifs is 1. The molecule has 0 unspecified atom stereocenters. The molecule has 0 atom stereocenters. The predicted octanol–water partition coefficient (Wildman–Crippen LogP) is 1.03. The monoisotopic (exact) mass is 162 g/mol. The highest BCUT2D eigenvalue weighted by Crippen LogP contribution is 2.06. The lowest BCUT2D eigenvalue weighted by molar-refractivity contribution is 0.0688. The summed E-state index contributed by atoms with van der Waals surface area (Å²) in [6, 6.07) is 6.82. The normalized spacial score (nSPS) is 10.3. The minimum absolute atomic E-state index is 0.186. The van der Waals surface area contributed by atoms with Gasteiger partial charge in [-0.05, 0) is 24.3 Å². The minimum atomic E-state index is -0.964. The maximum absolute atomic E-state index is 10.6. The molecule has 0 radical (unpaired) electrons. The third kappa shape index (κ3) is 0.852. The van der Waals surface area contributed by atoms with Gasteiger partial charge in [0.15, 0.2) is 5.69 Å². The van der Waals surface area contributed by atoms with Gasteiger partial charge in [0.1, 0.15) is 0 Å². The van der Waals surface area contributed by atoms with Gasteiger partial charge in [-0.15, -0.1) is 0 Å². The second-order valence-corrected chi connectivity index (χ2v) is 2.38. The van der Waals surface area contributed by atoms with Crippen LogP contribution in [-0.4, -0.2) is 20.7 Å². The number of aromatic nitrogens is 2. The van der Waals surface area contributed by atoms with Crippen LogP contribution in [0.15, 0.2) is 30.5 Å². The maximum Gasteiger partial charge on any atom is 0.354 e. The van der Waals surface area contributed by atoms with E-state index in [0.29, 0.717) is 0 Å². The molecule has 0 fully saturated rings. The Bertz CT molecular complexity index is 433. The Labute approximate surface area is 68.1 Å². The highest BCUT2D eigenvalue weighted by molar-refractivity contribution is 5.87. The first kappa shape index (κ1) is 6.84.